The van der Waals surface area contributed by atoms with Gasteiger partial charge in [0.25, 0.3) is 0 Å². The molecule has 1 spiro atoms. The molecule has 3 aromatic rings. The van der Waals surface area contributed by atoms with E-state index in [1.165, 1.54) is 5.56 Å². The van der Waals surface area contributed by atoms with E-state index in [1.807, 2.05) is 28.9 Å². The summed E-state index contributed by atoms with van der Waals surface area (Å²) in [4.78, 5) is 0. The monoisotopic (exact) mass is 348 g/mol. The number of fused-ring (bicyclic) bond motifs is 2. The predicted molar refractivity (Wildman–Crippen MR) is 97.6 cm³/mol. The Balaban J connectivity index is 1.69. The first-order valence-corrected chi connectivity index (χ1v) is 8.76. The van der Waals surface area contributed by atoms with Gasteiger partial charge in [0, 0.05) is 11.1 Å². The zero-order valence-electron chi connectivity index (χ0n) is 14.9. The van der Waals surface area contributed by atoms with E-state index in [9.17, 15) is 0 Å². The standard InChI is InChI=1S/C21H20N2O3/c1-14-3-5-15(6-4-14)19-18-11-26-21(12-25-13-21)20(18)23(22-19)16-7-9-17(24-2)10-8-16/h3-10H,11-13H2,1-2H3. The number of hydrogen-bond donors (Lipinski definition) is 0. The zero-order chi connectivity index (χ0) is 17.7. The summed E-state index contributed by atoms with van der Waals surface area (Å²) < 4.78 is 19.0. The first kappa shape index (κ1) is 15.6. The highest BCUT2D eigenvalue weighted by Gasteiger charge is 2.51. The normalized spacial score (nSPS) is 17.2. The molecule has 26 heavy (non-hydrogen) atoms. The summed E-state index contributed by atoms with van der Waals surface area (Å²) in [5, 5.41) is 4.98. The number of aryl methyl sites for hydroxylation is 1. The number of hydrogen-bond acceptors (Lipinski definition) is 4. The van der Waals surface area contributed by atoms with Gasteiger partial charge in [0.15, 0.2) is 5.60 Å². The number of rotatable bonds is 3. The first-order valence-electron chi connectivity index (χ1n) is 8.76. The van der Waals surface area contributed by atoms with Crippen LogP contribution in [0.15, 0.2) is 48.5 Å². The van der Waals surface area contributed by atoms with Gasteiger partial charge in [0.05, 0.1) is 44.0 Å². The van der Waals surface area contributed by atoms with Crippen molar-refractivity contribution in [2.45, 2.75) is 19.1 Å². The number of ether oxygens (including phenoxy) is 3. The van der Waals surface area contributed by atoms with Crippen molar-refractivity contribution in [3.05, 3.63) is 65.4 Å². The molecule has 2 aliphatic rings. The van der Waals surface area contributed by atoms with Crippen molar-refractivity contribution in [3.8, 4) is 22.7 Å². The van der Waals surface area contributed by atoms with E-state index >= 15 is 0 Å². The molecule has 1 aromatic heterocycles. The van der Waals surface area contributed by atoms with E-state index in [2.05, 4.69) is 31.2 Å². The lowest BCUT2D eigenvalue weighted by Gasteiger charge is -2.37. The summed E-state index contributed by atoms with van der Waals surface area (Å²) in [6.07, 6.45) is 0. The molecular weight excluding hydrogens is 328 g/mol. The molecule has 3 heterocycles. The molecule has 5 rings (SSSR count). The molecule has 0 saturated carbocycles. The average Bonchev–Trinajstić information content (AvgIpc) is 3.21. The Labute approximate surface area is 152 Å². The summed E-state index contributed by atoms with van der Waals surface area (Å²) in [6.45, 7) is 3.82. The van der Waals surface area contributed by atoms with Gasteiger partial charge in [-0.05, 0) is 31.2 Å². The third-order valence-corrected chi connectivity index (χ3v) is 5.22. The lowest BCUT2D eigenvalue weighted by molar-refractivity contribution is -0.212. The molecule has 0 amide bonds. The van der Waals surface area contributed by atoms with Gasteiger partial charge in [-0.3, -0.25) is 0 Å². The van der Waals surface area contributed by atoms with Crippen molar-refractivity contribution in [1.29, 1.82) is 0 Å². The largest absolute Gasteiger partial charge is 0.497 e. The molecule has 0 radical (unpaired) electrons. The Kier molecular flexibility index (Phi) is 3.42. The second-order valence-corrected chi connectivity index (χ2v) is 6.93. The molecular formula is C21H20N2O3. The van der Waals surface area contributed by atoms with E-state index in [4.69, 9.17) is 19.3 Å². The van der Waals surface area contributed by atoms with E-state index in [1.54, 1.807) is 7.11 Å². The molecule has 2 aliphatic heterocycles. The number of nitrogens with zero attached hydrogens (tertiary/aromatic N) is 2. The van der Waals surface area contributed by atoms with Gasteiger partial charge in [0.2, 0.25) is 0 Å². The van der Waals surface area contributed by atoms with Crippen LogP contribution in [0.25, 0.3) is 16.9 Å². The second kappa shape index (κ2) is 5.69. The topological polar surface area (TPSA) is 45.5 Å². The molecule has 0 N–H and O–H groups in total. The fraction of sp³-hybridized carbons (Fsp3) is 0.286. The molecule has 2 aromatic carbocycles. The smallest absolute Gasteiger partial charge is 0.157 e. The van der Waals surface area contributed by atoms with Gasteiger partial charge in [-0.1, -0.05) is 29.8 Å². The van der Waals surface area contributed by atoms with Crippen molar-refractivity contribution in [3.63, 3.8) is 0 Å². The summed E-state index contributed by atoms with van der Waals surface area (Å²) in [6, 6.07) is 16.4. The predicted octanol–water partition coefficient (Wildman–Crippen LogP) is 3.61. The van der Waals surface area contributed by atoms with Crippen LogP contribution in [0.3, 0.4) is 0 Å². The van der Waals surface area contributed by atoms with Crippen molar-refractivity contribution in [1.82, 2.24) is 9.78 Å². The van der Waals surface area contributed by atoms with Gasteiger partial charge < -0.3 is 14.2 Å². The summed E-state index contributed by atoms with van der Waals surface area (Å²) in [5.41, 5.74) is 6.24. The van der Waals surface area contributed by atoms with Crippen molar-refractivity contribution in [2.75, 3.05) is 20.3 Å². The minimum atomic E-state index is -0.370. The molecule has 0 aliphatic carbocycles. The minimum Gasteiger partial charge on any atom is -0.497 e. The van der Waals surface area contributed by atoms with Gasteiger partial charge in [-0.2, -0.15) is 5.10 Å². The molecule has 132 valence electrons. The van der Waals surface area contributed by atoms with Gasteiger partial charge in [-0.25, -0.2) is 4.68 Å². The summed E-state index contributed by atoms with van der Waals surface area (Å²) in [5.74, 6) is 0.828. The van der Waals surface area contributed by atoms with Crippen LogP contribution < -0.4 is 4.74 Å². The molecule has 0 atom stereocenters. The van der Waals surface area contributed by atoms with Crippen LogP contribution in [0, 0.1) is 6.92 Å². The van der Waals surface area contributed by atoms with Gasteiger partial charge >= 0.3 is 0 Å². The third kappa shape index (κ3) is 2.21. The Bertz CT molecular complexity index is 954. The molecule has 0 bridgehead atoms. The highest BCUT2D eigenvalue weighted by atomic mass is 16.6. The quantitative estimate of drug-likeness (QED) is 0.725. The summed E-state index contributed by atoms with van der Waals surface area (Å²) >= 11 is 0. The Hall–Kier alpha value is -2.63. The van der Waals surface area contributed by atoms with Gasteiger partial charge in [0.1, 0.15) is 5.75 Å². The number of benzene rings is 2. The van der Waals surface area contributed by atoms with Crippen LogP contribution in [0.5, 0.6) is 5.75 Å². The highest BCUT2D eigenvalue weighted by molar-refractivity contribution is 5.67. The maximum atomic E-state index is 6.17. The lowest BCUT2D eigenvalue weighted by Crippen LogP contribution is -2.47. The fourth-order valence-electron chi connectivity index (χ4n) is 3.69. The van der Waals surface area contributed by atoms with E-state index in [0.717, 1.165) is 34.0 Å². The van der Waals surface area contributed by atoms with Crippen LogP contribution in [0.1, 0.15) is 16.8 Å². The Morgan fingerprint density at radius 2 is 1.77 bits per heavy atom. The number of methoxy groups -OCH3 is 1. The number of aromatic nitrogens is 2. The maximum absolute atomic E-state index is 6.17. The van der Waals surface area contributed by atoms with E-state index in [0.29, 0.717) is 19.8 Å². The lowest BCUT2D eigenvalue weighted by atomic mass is 9.95. The van der Waals surface area contributed by atoms with Crippen LogP contribution in [-0.2, 0) is 21.7 Å². The second-order valence-electron chi connectivity index (χ2n) is 6.93. The molecule has 1 fully saturated rings. The fourth-order valence-corrected chi connectivity index (χ4v) is 3.69. The average molecular weight is 348 g/mol. The molecule has 1 saturated heterocycles. The Morgan fingerprint density at radius 1 is 1.04 bits per heavy atom. The van der Waals surface area contributed by atoms with Crippen molar-refractivity contribution >= 4 is 0 Å². The van der Waals surface area contributed by atoms with Crippen LogP contribution in [0.4, 0.5) is 0 Å². The maximum Gasteiger partial charge on any atom is 0.157 e. The zero-order valence-corrected chi connectivity index (χ0v) is 14.9. The van der Waals surface area contributed by atoms with E-state index in [-0.39, 0.29) is 5.60 Å². The van der Waals surface area contributed by atoms with Crippen LogP contribution in [0.2, 0.25) is 0 Å². The first-order chi connectivity index (χ1) is 12.7. The van der Waals surface area contributed by atoms with Crippen molar-refractivity contribution in [2.24, 2.45) is 0 Å². The molecule has 5 nitrogen and oxygen atoms in total. The minimum absolute atomic E-state index is 0.370. The van der Waals surface area contributed by atoms with E-state index < -0.39 is 0 Å². The molecule has 5 heteroatoms. The highest BCUT2D eigenvalue weighted by Crippen LogP contribution is 2.46. The van der Waals surface area contributed by atoms with Crippen LogP contribution in [-0.4, -0.2) is 30.1 Å². The Morgan fingerprint density at radius 3 is 2.38 bits per heavy atom. The summed E-state index contributed by atoms with van der Waals surface area (Å²) in [7, 11) is 1.67. The van der Waals surface area contributed by atoms with Gasteiger partial charge in [-0.15, -0.1) is 0 Å². The molecule has 0 unspecified atom stereocenters. The van der Waals surface area contributed by atoms with Crippen LogP contribution >= 0.6 is 0 Å². The third-order valence-electron chi connectivity index (χ3n) is 5.22. The van der Waals surface area contributed by atoms with Crippen molar-refractivity contribution < 1.29 is 14.2 Å². The SMILES string of the molecule is COc1ccc(-n2nc(-c3ccc(C)cc3)c3c2C2(COC2)OC3)cc1.